The predicted molar refractivity (Wildman–Crippen MR) is 57.7 cm³/mol. The Hall–Kier alpha value is -1.98. The second kappa shape index (κ2) is 3.88. The van der Waals surface area contributed by atoms with Crippen LogP contribution in [0, 0.1) is 6.92 Å². The number of rotatable bonds is 1. The third kappa shape index (κ3) is 1.73. The van der Waals surface area contributed by atoms with E-state index in [1.165, 1.54) is 4.57 Å². The summed E-state index contributed by atoms with van der Waals surface area (Å²) in [6, 6.07) is 0. The van der Waals surface area contributed by atoms with Gasteiger partial charge in [-0.3, -0.25) is 4.57 Å². The molecule has 0 aromatic carbocycles. The highest BCUT2D eigenvalue weighted by atomic mass is 16.5. The van der Waals surface area contributed by atoms with Crippen molar-refractivity contribution in [1.82, 2.24) is 9.55 Å². The number of hydrogen-bond donors (Lipinski definition) is 2. The summed E-state index contributed by atoms with van der Waals surface area (Å²) in [6.07, 6.45) is 3.38. The number of aryl methyl sites for hydroxylation is 1. The van der Waals surface area contributed by atoms with E-state index in [4.69, 9.17) is 15.6 Å². The second-order valence-electron chi connectivity index (χ2n) is 3.71. The van der Waals surface area contributed by atoms with Crippen molar-refractivity contribution in [3.63, 3.8) is 0 Å². The summed E-state index contributed by atoms with van der Waals surface area (Å²) in [6.45, 7) is 1.77. The van der Waals surface area contributed by atoms with Gasteiger partial charge >= 0.3 is 5.69 Å². The maximum atomic E-state index is 11.6. The molecule has 0 amide bonds. The van der Waals surface area contributed by atoms with Crippen LogP contribution in [0.1, 0.15) is 24.6 Å². The number of nitrogen functional groups attached to an aromatic ring is 1. The Morgan fingerprint density at radius 3 is 3.12 bits per heavy atom. The van der Waals surface area contributed by atoms with Gasteiger partial charge in [0.05, 0.1) is 0 Å². The zero-order valence-corrected chi connectivity index (χ0v) is 8.88. The molecule has 16 heavy (non-hydrogen) atoms. The summed E-state index contributed by atoms with van der Waals surface area (Å²) in [4.78, 5) is 15.3. The van der Waals surface area contributed by atoms with Crippen LogP contribution in [0.5, 0.6) is 0 Å². The van der Waals surface area contributed by atoms with Gasteiger partial charge in [0, 0.05) is 24.6 Å². The van der Waals surface area contributed by atoms with Crippen LogP contribution in [0.25, 0.3) is 0 Å². The number of ether oxygens (including phenoxy) is 1. The van der Waals surface area contributed by atoms with Crippen LogP contribution in [0.4, 0.5) is 5.82 Å². The Bertz CT molecular complexity index is 493. The van der Waals surface area contributed by atoms with Crippen LogP contribution in [0.3, 0.4) is 0 Å². The number of allylic oxidation sites excluding steroid dienone is 1. The van der Waals surface area contributed by atoms with Crippen molar-refractivity contribution in [2.24, 2.45) is 0 Å². The number of aliphatic hydroxyl groups is 1. The average molecular weight is 223 g/mol. The van der Waals surface area contributed by atoms with Crippen LogP contribution in [-0.2, 0) is 4.74 Å². The summed E-state index contributed by atoms with van der Waals surface area (Å²) in [5, 5.41) is 8.79. The zero-order valence-electron chi connectivity index (χ0n) is 8.88. The van der Waals surface area contributed by atoms with Gasteiger partial charge in [-0.2, -0.15) is 4.98 Å². The van der Waals surface area contributed by atoms with Crippen molar-refractivity contribution in [3.8, 4) is 0 Å². The lowest BCUT2D eigenvalue weighted by atomic mass is 10.3. The van der Waals surface area contributed by atoms with Gasteiger partial charge in [-0.05, 0) is 6.92 Å². The van der Waals surface area contributed by atoms with Gasteiger partial charge in [0.15, 0.2) is 6.23 Å². The highest BCUT2D eigenvalue weighted by Gasteiger charge is 2.23. The van der Waals surface area contributed by atoms with Gasteiger partial charge in [-0.25, -0.2) is 4.79 Å². The standard InChI is InChI=1S/C10H13N3O3/c1-6-4-13(10(15)12-9(6)11)8-3-2-7(5-14)16-8/h4-5,8,14H,2-3H2,1H3,(H2,11,12,15)/b7-5-/t8-/m1/s1. The van der Waals surface area contributed by atoms with E-state index in [1.54, 1.807) is 13.1 Å². The first-order valence-electron chi connectivity index (χ1n) is 4.97. The number of aromatic nitrogens is 2. The van der Waals surface area contributed by atoms with E-state index in [9.17, 15) is 4.79 Å². The minimum absolute atomic E-state index is 0.233. The number of nitrogens with two attached hydrogens (primary N) is 1. The third-order valence-corrected chi connectivity index (χ3v) is 2.55. The van der Waals surface area contributed by atoms with E-state index in [0.29, 0.717) is 18.6 Å². The molecule has 1 aliphatic heterocycles. The molecule has 0 spiro atoms. The maximum Gasteiger partial charge on any atom is 0.352 e. The molecule has 0 bridgehead atoms. The summed E-state index contributed by atoms with van der Waals surface area (Å²) in [7, 11) is 0. The molecule has 0 saturated carbocycles. The van der Waals surface area contributed by atoms with Crippen molar-refractivity contribution in [2.75, 3.05) is 5.73 Å². The topological polar surface area (TPSA) is 90.4 Å². The lowest BCUT2D eigenvalue weighted by Gasteiger charge is -2.14. The fraction of sp³-hybridized carbons (Fsp3) is 0.400. The van der Waals surface area contributed by atoms with E-state index in [1.807, 2.05) is 0 Å². The van der Waals surface area contributed by atoms with Gasteiger partial charge < -0.3 is 15.6 Å². The first kappa shape index (κ1) is 10.5. The van der Waals surface area contributed by atoms with Crippen LogP contribution in [0.2, 0.25) is 0 Å². The van der Waals surface area contributed by atoms with Gasteiger partial charge in [0.25, 0.3) is 0 Å². The first-order valence-corrected chi connectivity index (χ1v) is 4.97. The van der Waals surface area contributed by atoms with Crippen molar-refractivity contribution in [2.45, 2.75) is 26.0 Å². The monoisotopic (exact) mass is 223 g/mol. The van der Waals surface area contributed by atoms with E-state index < -0.39 is 11.9 Å². The predicted octanol–water partition coefficient (Wildman–Crippen LogP) is 0.842. The molecule has 0 radical (unpaired) electrons. The average Bonchev–Trinajstić information content (AvgIpc) is 2.71. The Kier molecular flexibility index (Phi) is 2.55. The Labute approximate surface area is 92.0 Å². The Morgan fingerprint density at radius 2 is 2.50 bits per heavy atom. The molecule has 1 aromatic rings. The normalized spacial score (nSPS) is 22.3. The fourth-order valence-electron chi connectivity index (χ4n) is 1.63. The second-order valence-corrected chi connectivity index (χ2v) is 3.71. The largest absolute Gasteiger partial charge is 0.512 e. The summed E-state index contributed by atoms with van der Waals surface area (Å²) in [5.74, 6) is 0.712. The first-order chi connectivity index (χ1) is 7.61. The molecule has 2 heterocycles. The van der Waals surface area contributed by atoms with Gasteiger partial charge in [-0.15, -0.1) is 0 Å². The van der Waals surface area contributed by atoms with E-state index in [-0.39, 0.29) is 5.82 Å². The number of hydrogen-bond acceptors (Lipinski definition) is 5. The SMILES string of the molecule is Cc1cn([C@H]2CC/C(=C/O)O2)c(=O)nc1N. The van der Waals surface area contributed by atoms with Crippen molar-refractivity contribution < 1.29 is 9.84 Å². The van der Waals surface area contributed by atoms with Crippen LogP contribution in [0.15, 0.2) is 23.0 Å². The van der Waals surface area contributed by atoms with E-state index in [0.717, 1.165) is 11.8 Å². The molecule has 1 saturated heterocycles. The minimum atomic E-state index is -0.438. The van der Waals surface area contributed by atoms with Crippen LogP contribution in [-0.4, -0.2) is 14.7 Å². The lowest BCUT2D eigenvalue weighted by Crippen LogP contribution is -2.27. The lowest BCUT2D eigenvalue weighted by molar-refractivity contribution is 0.0887. The molecular weight excluding hydrogens is 210 g/mol. The molecule has 2 rings (SSSR count). The van der Waals surface area contributed by atoms with Gasteiger partial charge in [0.1, 0.15) is 17.8 Å². The molecule has 0 aliphatic carbocycles. The molecule has 1 fully saturated rings. The van der Waals surface area contributed by atoms with Crippen LogP contribution >= 0.6 is 0 Å². The molecule has 1 aromatic heterocycles. The zero-order chi connectivity index (χ0) is 11.7. The van der Waals surface area contributed by atoms with Crippen molar-refractivity contribution >= 4 is 5.82 Å². The molecule has 86 valence electrons. The molecule has 6 heteroatoms. The Balaban J connectivity index is 2.35. The molecule has 3 N–H and O–H groups in total. The summed E-state index contributed by atoms with van der Waals surface area (Å²) in [5.41, 5.74) is 5.81. The third-order valence-electron chi connectivity index (χ3n) is 2.55. The number of anilines is 1. The van der Waals surface area contributed by atoms with E-state index >= 15 is 0 Å². The number of nitrogens with zero attached hydrogens (tertiary/aromatic N) is 2. The number of aliphatic hydroxyl groups excluding tert-OH is 1. The van der Waals surface area contributed by atoms with Crippen LogP contribution < -0.4 is 11.4 Å². The molecule has 6 nitrogen and oxygen atoms in total. The molecule has 1 aliphatic rings. The maximum absolute atomic E-state index is 11.6. The minimum Gasteiger partial charge on any atom is -0.512 e. The van der Waals surface area contributed by atoms with Gasteiger partial charge in [0.2, 0.25) is 0 Å². The van der Waals surface area contributed by atoms with Crippen molar-refractivity contribution in [3.05, 3.63) is 34.3 Å². The molecule has 0 unspecified atom stereocenters. The van der Waals surface area contributed by atoms with Gasteiger partial charge in [-0.1, -0.05) is 0 Å². The van der Waals surface area contributed by atoms with Crippen molar-refractivity contribution in [1.29, 1.82) is 0 Å². The fourth-order valence-corrected chi connectivity index (χ4v) is 1.63. The Morgan fingerprint density at radius 1 is 1.75 bits per heavy atom. The molecule has 1 atom stereocenters. The quantitative estimate of drug-likeness (QED) is 0.688. The highest BCUT2D eigenvalue weighted by molar-refractivity contribution is 5.35. The summed E-state index contributed by atoms with van der Waals surface area (Å²) >= 11 is 0. The molecular formula is C10H13N3O3. The smallest absolute Gasteiger partial charge is 0.352 e. The highest BCUT2D eigenvalue weighted by Crippen LogP contribution is 2.29. The summed E-state index contributed by atoms with van der Waals surface area (Å²) < 4.78 is 6.76. The van der Waals surface area contributed by atoms with E-state index in [2.05, 4.69) is 4.98 Å².